The van der Waals surface area contributed by atoms with Crippen LogP contribution in [0.5, 0.6) is 0 Å². The van der Waals surface area contributed by atoms with E-state index in [-0.39, 0.29) is 17.7 Å². The fraction of sp³-hybridized carbons (Fsp3) is 0.250. The summed E-state index contributed by atoms with van der Waals surface area (Å²) in [6.45, 7) is 2.64. The van der Waals surface area contributed by atoms with Gasteiger partial charge in [-0.3, -0.25) is 0 Å². The van der Waals surface area contributed by atoms with E-state index in [1.54, 1.807) is 24.3 Å². The number of hydrogen-bond acceptors (Lipinski definition) is 1. The summed E-state index contributed by atoms with van der Waals surface area (Å²) in [4.78, 5) is 0. The minimum atomic E-state index is -0.377. The summed E-state index contributed by atoms with van der Waals surface area (Å²) in [5.74, 6) is -0.668. The smallest absolute Gasteiger partial charge is 0.142 e. The summed E-state index contributed by atoms with van der Waals surface area (Å²) >= 11 is 9.26. The lowest BCUT2D eigenvalue weighted by Gasteiger charge is -2.20. The van der Waals surface area contributed by atoms with Crippen LogP contribution in [-0.4, -0.2) is 6.54 Å². The standard InChI is InChI=1S/C16H15BrClF2N/c1-2-21-15(12-4-3-5-13(17)16(12)20)8-10-6-7-11(19)9-14(10)18/h3-7,9,15,21H,2,8H2,1H3. The Kier molecular flexibility index (Phi) is 5.73. The molecule has 0 radical (unpaired) electrons. The molecular formula is C16H15BrClF2N. The van der Waals surface area contributed by atoms with E-state index >= 15 is 0 Å². The highest BCUT2D eigenvalue weighted by Gasteiger charge is 2.18. The van der Waals surface area contributed by atoms with Gasteiger partial charge in [0.1, 0.15) is 11.6 Å². The number of likely N-dealkylation sites (N-methyl/N-ethyl adjacent to an activating group) is 1. The first-order chi connectivity index (χ1) is 10.0. The summed E-state index contributed by atoms with van der Waals surface area (Å²) < 4.78 is 27.8. The lowest BCUT2D eigenvalue weighted by Crippen LogP contribution is -2.24. The predicted octanol–water partition coefficient (Wildman–Crippen LogP) is 5.27. The second-order valence-electron chi connectivity index (χ2n) is 4.69. The van der Waals surface area contributed by atoms with Crippen molar-refractivity contribution in [3.63, 3.8) is 0 Å². The molecule has 1 unspecified atom stereocenters. The van der Waals surface area contributed by atoms with E-state index in [4.69, 9.17) is 11.6 Å². The van der Waals surface area contributed by atoms with Crippen LogP contribution in [0.2, 0.25) is 5.02 Å². The Hall–Kier alpha value is -0.970. The fourth-order valence-electron chi connectivity index (χ4n) is 2.24. The van der Waals surface area contributed by atoms with Gasteiger partial charge in [0.15, 0.2) is 0 Å². The number of nitrogens with one attached hydrogen (secondary N) is 1. The van der Waals surface area contributed by atoms with Crippen molar-refractivity contribution in [1.29, 1.82) is 0 Å². The van der Waals surface area contributed by atoms with E-state index in [0.717, 1.165) is 5.56 Å². The van der Waals surface area contributed by atoms with E-state index in [2.05, 4.69) is 21.2 Å². The Morgan fingerprint density at radius 3 is 2.67 bits per heavy atom. The Bertz CT molecular complexity index is 634. The van der Waals surface area contributed by atoms with Crippen molar-refractivity contribution in [3.8, 4) is 0 Å². The van der Waals surface area contributed by atoms with Crippen molar-refractivity contribution >= 4 is 27.5 Å². The second-order valence-corrected chi connectivity index (χ2v) is 5.95. The van der Waals surface area contributed by atoms with Gasteiger partial charge in [0.2, 0.25) is 0 Å². The number of rotatable bonds is 5. The van der Waals surface area contributed by atoms with E-state index in [0.29, 0.717) is 28.0 Å². The Labute approximate surface area is 136 Å². The molecule has 0 fully saturated rings. The Morgan fingerprint density at radius 2 is 2.00 bits per heavy atom. The largest absolute Gasteiger partial charge is 0.310 e. The van der Waals surface area contributed by atoms with Crippen LogP contribution in [0, 0.1) is 11.6 Å². The molecule has 0 spiro atoms. The molecule has 112 valence electrons. The van der Waals surface area contributed by atoms with Crippen molar-refractivity contribution in [1.82, 2.24) is 5.32 Å². The molecule has 2 aromatic rings. The van der Waals surface area contributed by atoms with Gasteiger partial charge in [-0.1, -0.05) is 36.7 Å². The molecule has 0 saturated carbocycles. The van der Waals surface area contributed by atoms with Crippen LogP contribution in [0.25, 0.3) is 0 Å². The molecule has 0 aliphatic heterocycles. The van der Waals surface area contributed by atoms with Crippen LogP contribution < -0.4 is 5.32 Å². The molecule has 0 amide bonds. The van der Waals surface area contributed by atoms with Crippen LogP contribution in [0.4, 0.5) is 8.78 Å². The first kappa shape index (κ1) is 16.4. The lowest BCUT2D eigenvalue weighted by atomic mass is 9.98. The van der Waals surface area contributed by atoms with Crippen LogP contribution in [0.3, 0.4) is 0 Å². The molecule has 0 aromatic heterocycles. The molecule has 0 bridgehead atoms. The van der Waals surface area contributed by atoms with Gasteiger partial charge in [0.05, 0.1) is 4.47 Å². The SMILES string of the molecule is CCNC(Cc1ccc(F)cc1Cl)c1cccc(Br)c1F. The molecule has 1 atom stereocenters. The summed E-state index contributed by atoms with van der Waals surface area (Å²) in [5, 5.41) is 3.60. The predicted molar refractivity (Wildman–Crippen MR) is 85.6 cm³/mol. The van der Waals surface area contributed by atoms with Gasteiger partial charge >= 0.3 is 0 Å². The van der Waals surface area contributed by atoms with Crippen LogP contribution in [0.15, 0.2) is 40.9 Å². The van der Waals surface area contributed by atoms with Gasteiger partial charge in [-0.05, 0) is 52.7 Å². The maximum absolute atomic E-state index is 14.3. The van der Waals surface area contributed by atoms with E-state index in [1.165, 1.54) is 12.1 Å². The molecule has 21 heavy (non-hydrogen) atoms. The number of hydrogen-bond donors (Lipinski definition) is 1. The molecule has 0 aliphatic carbocycles. The van der Waals surface area contributed by atoms with Gasteiger partial charge in [-0.15, -0.1) is 0 Å². The van der Waals surface area contributed by atoms with Gasteiger partial charge < -0.3 is 5.32 Å². The molecule has 1 N–H and O–H groups in total. The monoisotopic (exact) mass is 373 g/mol. The molecule has 2 aromatic carbocycles. The topological polar surface area (TPSA) is 12.0 Å². The highest BCUT2D eigenvalue weighted by molar-refractivity contribution is 9.10. The van der Waals surface area contributed by atoms with Crippen LogP contribution in [0.1, 0.15) is 24.1 Å². The first-order valence-corrected chi connectivity index (χ1v) is 7.81. The van der Waals surface area contributed by atoms with E-state index in [1.807, 2.05) is 6.92 Å². The highest BCUT2D eigenvalue weighted by atomic mass is 79.9. The summed E-state index contributed by atoms with van der Waals surface area (Å²) in [5.41, 5.74) is 1.34. The first-order valence-electron chi connectivity index (χ1n) is 6.64. The third-order valence-electron chi connectivity index (χ3n) is 3.25. The molecule has 5 heteroatoms. The van der Waals surface area contributed by atoms with Gasteiger partial charge in [-0.2, -0.15) is 0 Å². The van der Waals surface area contributed by atoms with E-state index < -0.39 is 0 Å². The van der Waals surface area contributed by atoms with Crippen molar-refractivity contribution in [2.24, 2.45) is 0 Å². The van der Waals surface area contributed by atoms with Crippen LogP contribution >= 0.6 is 27.5 Å². The van der Waals surface area contributed by atoms with Gasteiger partial charge in [-0.25, -0.2) is 8.78 Å². The third kappa shape index (κ3) is 4.02. The van der Waals surface area contributed by atoms with Crippen molar-refractivity contribution in [2.45, 2.75) is 19.4 Å². The zero-order chi connectivity index (χ0) is 15.4. The summed E-state index contributed by atoms with van der Waals surface area (Å²) in [6.07, 6.45) is 0.486. The highest BCUT2D eigenvalue weighted by Crippen LogP contribution is 2.28. The van der Waals surface area contributed by atoms with Crippen molar-refractivity contribution in [3.05, 3.63) is 68.7 Å². The third-order valence-corrected chi connectivity index (χ3v) is 4.21. The maximum Gasteiger partial charge on any atom is 0.142 e. The minimum Gasteiger partial charge on any atom is -0.310 e. The molecule has 1 nitrogen and oxygen atoms in total. The normalized spacial score (nSPS) is 12.4. The van der Waals surface area contributed by atoms with Gasteiger partial charge in [0.25, 0.3) is 0 Å². The van der Waals surface area contributed by atoms with E-state index in [9.17, 15) is 8.78 Å². The Balaban J connectivity index is 2.33. The molecular weight excluding hydrogens is 360 g/mol. The zero-order valence-corrected chi connectivity index (χ0v) is 13.8. The quantitative estimate of drug-likeness (QED) is 0.751. The lowest BCUT2D eigenvalue weighted by molar-refractivity contribution is 0.507. The minimum absolute atomic E-state index is 0.226. The second kappa shape index (κ2) is 7.34. The molecule has 0 saturated heterocycles. The number of halogens is 4. The van der Waals surface area contributed by atoms with Gasteiger partial charge in [0, 0.05) is 16.6 Å². The maximum atomic E-state index is 14.3. The van der Waals surface area contributed by atoms with Crippen molar-refractivity contribution < 1.29 is 8.78 Å². The zero-order valence-electron chi connectivity index (χ0n) is 11.5. The molecule has 2 rings (SSSR count). The summed E-state index contributed by atoms with van der Waals surface area (Å²) in [6, 6.07) is 9.24. The molecule has 0 heterocycles. The number of benzene rings is 2. The molecule has 0 aliphatic rings. The summed E-state index contributed by atoms with van der Waals surface area (Å²) in [7, 11) is 0. The average molecular weight is 375 g/mol. The van der Waals surface area contributed by atoms with Crippen molar-refractivity contribution in [2.75, 3.05) is 6.54 Å². The van der Waals surface area contributed by atoms with Crippen LogP contribution in [-0.2, 0) is 6.42 Å². The fourth-order valence-corrected chi connectivity index (χ4v) is 2.86. The average Bonchev–Trinajstić information content (AvgIpc) is 2.44. The Morgan fingerprint density at radius 1 is 1.24 bits per heavy atom.